The average molecular weight is 643 g/mol. The first-order valence-corrected chi connectivity index (χ1v) is 17.3. The Labute approximate surface area is 291 Å². The van der Waals surface area contributed by atoms with Gasteiger partial charge in [-0.1, -0.05) is 146 Å². The molecule has 2 aliphatic heterocycles. The number of nitrogens with one attached hydrogen (secondary N) is 2. The maximum Gasteiger partial charge on any atom is 0.160 e. The Morgan fingerprint density at radius 1 is 0.480 bits per heavy atom. The number of aromatic nitrogens is 1. The minimum atomic E-state index is -0.230. The Hall–Kier alpha value is -6.36. The molecule has 1 aromatic heterocycles. The molecule has 0 saturated carbocycles. The highest BCUT2D eigenvalue weighted by Crippen LogP contribution is 2.53. The summed E-state index contributed by atoms with van der Waals surface area (Å²) in [5, 5.41) is 9.18. The van der Waals surface area contributed by atoms with Crippen LogP contribution >= 0.6 is 0 Å². The van der Waals surface area contributed by atoms with Crippen molar-refractivity contribution >= 4 is 28.0 Å². The van der Waals surface area contributed by atoms with Crippen molar-refractivity contribution in [3.8, 4) is 39.2 Å². The van der Waals surface area contributed by atoms with Gasteiger partial charge in [0.1, 0.15) is 0 Å². The molecule has 2 unspecified atom stereocenters. The smallest absolute Gasteiger partial charge is 0.160 e. The SMILES string of the molecule is c1ccc(-c2ccc(-n3c4c(c5ccccc53)-c3ccccc3N(C3Nc5ccccc5C(c5ccccc5)N3)c3ccccc3-4)cc2)cc1. The fraction of sp³-hybridized carbons (Fsp3) is 0.0435. The van der Waals surface area contributed by atoms with E-state index in [0.29, 0.717) is 0 Å². The van der Waals surface area contributed by atoms with Gasteiger partial charge in [-0.2, -0.15) is 0 Å². The highest BCUT2D eigenvalue weighted by molar-refractivity contribution is 6.12. The Morgan fingerprint density at radius 2 is 1.08 bits per heavy atom. The number of hydrogen-bond acceptors (Lipinski definition) is 3. The number of rotatable bonds is 4. The summed E-state index contributed by atoms with van der Waals surface area (Å²) in [5.41, 5.74) is 15.5. The topological polar surface area (TPSA) is 32.2 Å². The summed E-state index contributed by atoms with van der Waals surface area (Å²) in [6.45, 7) is 0. The molecule has 0 radical (unpaired) electrons. The van der Waals surface area contributed by atoms with E-state index >= 15 is 0 Å². The van der Waals surface area contributed by atoms with Gasteiger partial charge in [0.25, 0.3) is 0 Å². The van der Waals surface area contributed by atoms with Crippen LogP contribution in [0.2, 0.25) is 0 Å². The molecule has 0 amide bonds. The van der Waals surface area contributed by atoms with Crippen molar-refractivity contribution in [2.24, 2.45) is 0 Å². The highest BCUT2D eigenvalue weighted by atomic mass is 15.4. The zero-order chi connectivity index (χ0) is 33.0. The lowest BCUT2D eigenvalue weighted by Crippen LogP contribution is -2.53. The van der Waals surface area contributed by atoms with Crippen LogP contribution in [0.3, 0.4) is 0 Å². The van der Waals surface area contributed by atoms with Crippen LogP contribution < -0.4 is 15.5 Å². The molecule has 2 aliphatic rings. The molecular weight excluding hydrogens is 609 g/mol. The van der Waals surface area contributed by atoms with E-state index < -0.39 is 0 Å². The molecule has 0 saturated heterocycles. The first-order chi connectivity index (χ1) is 24.8. The molecule has 10 rings (SSSR count). The first-order valence-electron chi connectivity index (χ1n) is 17.3. The second-order valence-electron chi connectivity index (χ2n) is 13.0. The van der Waals surface area contributed by atoms with Crippen molar-refractivity contribution in [3.05, 3.63) is 193 Å². The second-order valence-corrected chi connectivity index (χ2v) is 13.0. The molecule has 4 nitrogen and oxygen atoms in total. The number of benzene rings is 7. The predicted octanol–water partition coefficient (Wildman–Crippen LogP) is 11.2. The molecule has 0 bridgehead atoms. The van der Waals surface area contributed by atoms with Crippen LogP contribution in [-0.4, -0.2) is 10.9 Å². The molecular formula is C46H34N4. The van der Waals surface area contributed by atoms with Crippen LogP contribution in [0.15, 0.2) is 182 Å². The van der Waals surface area contributed by atoms with Crippen molar-refractivity contribution in [1.82, 2.24) is 9.88 Å². The van der Waals surface area contributed by atoms with Crippen molar-refractivity contribution in [3.63, 3.8) is 0 Å². The maximum atomic E-state index is 4.04. The molecule has 0 aliphatic carbocycles. The molecule has 50 heavy (non-hydrogen) atoms. The Bertz CT molecular complexity index is 2500. The van der Waals surface area contributed by atoms with Gasteiger partial charge in [-0.3, -0.25) is 5.32 Å². The minimum absolute atomic E-state index is 0.0152. The van der Waals surface area contributed by atoms with Crippen molar-refractivity contribution in [2.75, 3.05) is 10.2 Å². The van der Waals surface area contributed by atoms with Gasteiger partial charge in [-0.15, -0.1) is 0 Å². The zero-order valence-corrected chi connectivity index (χ0v) is 27.4. The number of hydrogen-bond donors (Lipinski definition) is 2. The Kier molecular flexibility index (Phi) is 6.68. The van der Waals surface area contributed by atoms with Gasteiger partial charge in [0.15, 0.2) is 6.29 Å². The number of fused-ring (bicyclic) bond motifs is 8. The van der Waals surface area contributed by atoms with Crippen LogP contribution in [0.1, 0.15) is 17.2 Å². The normalized spacial score (nSPS) is 16.0. The summed E-state index contributed by atoms with van der Waals surface area (Å²) in [6.07, 6.45) is -0.230. The number of nitrogens with zero attached hydrogens (tertiary/aromatic N) is 2. The average Bonchev–Trinajstić information content (AvgIpc) is 3.47. The summed E-state index contributed by atoms with van der Waals surface area (Å²) >= 11 is 0. The summed E-state index contributed by atoms with van der Waals surface area (Å²) in [4.78, 5) is 2.47. The zero-order valence-electron chi connectivity index (χ0n) is 27.4. The van der Waals surface area contributed by atoms with Crippen LogP contribution in [0, 0.1) is 0 Å². The summed E-state index contributed by atoms with van der Waals surface area (Å²) in [6, 6.07) is 65.7. The highest BCUT2D eigenvalue weighted by Gasteiger charge is 2.37. The quantitative estimate of drug-likeness (QED) is 0.200. The third-order valence-electron chi connectivity index (χ3n) is 10.2. The van der Waals surface area contributed by atoms with E-state index in [9.17, 15) is 0 Å². The molecule has 8 aromatic rings. The molecule has 2 atom stereocenters. The van der Waals surface area contributed by atoms with Gasteiger partial charge in [0, 0.05) is 33.5 Å². The lowest BCUT2D eigenvalue weighted by Gasteiger charge is -2.42. The van der Waals surface area contributed by atoms with Gasteiger partial charge in [0.2, 0.25) is 0 Å². The lowest BCUT2D eigenvalue weighted by atomic mass is 9.95. The Balaban J connectivity index is 1.20. The summed E-state index contributed by atoms with van der Waals surface area (Å²) in [5.74, 6) is 0. The van der Waals surface area contributed by atoms with Gasteiger partial charge in [-0.05, 0) is 58.7 Å². The van der Waals surface area contributed by atoms with Gasteiger partial charge >= 0.3 is 0 Å². The molecule has 2 N–H and O–H groups in total. The molecule has 238 valence electrons. The molecule has 0 fully saturated rings. The molecule has 0 spiro atoms. The van der Waals surface area contributed by atoms with E-state index in [2.05, 4.69) is 202 Å². The minimum Gasteiger partial charge on any atom is -0.352 e. The number of para-hydroxylation sites is 4. The lowest BCUT2D eigenvalue weighted by molar-refractivity contribution is 0.495. The van der Waals surface area contributed by atoms with Crippen molar-refractivity contribution in [2.45, 2.75) is 12.3 Å². The van der Waals surface area contributed by atoms with Gasteiger partial charge in [0.05, 0.1) is 28.6 Å². The second kappa shape index (κ2) is 11.7. The molecule has 3 heterocycles. The fourth-order valence-corrected chi connectivity index (χ4v) is 8.03. The van der Waals surface area contributed by atoms with Crippen molar-refractivity contribution in [1.29, 1.82) is 0 Å². The third kappa shape index (κ3) is 4.50. The van der Waals surface area contributed by atoms with E-state index in [0.717, 1.165) is 22.7 Å². The standard InChI is InChI=1S/C46H34N4/c1-3-15-31(16-4-1)32-27-29-34(30-28-32)49-40-24-12-8-20-36(40)43-37-21-9-13-25-41(37)50(42-26-14-10-22-38(42)45(43)49)46-47-39-23-11-7-19-35(39)44(48-46)33-17-5-2-6-18-33/h1-30,44,46-48H. The van der Waals surface area contributed by atoms with E-state index in [-0.39, 0.29) is 12.3 Å². The van der Waals surface area contributed by atoms with Crippen molar-refractivity contribution < 1.29 is 0 Å². The van der Waals surface area contributed by atoms with Crippen LogP contribution in [-0.2, 0) is 0 Å². The van der Waals surface area contributed by atoms with Crippen LogP contribution in [0.4, 0.5) is 17.1 Å². The molecule has 4 heteroatoms. The van der Waals surface area contributed by atoms with E-state index in [1.165, 1.54) is 55.5 Å². The van der Waals surface area contributed by atoms with Gasteiger partial charge in [-0.25, -0.2) is 0 Å². The Morgan fingerprint density at radius 3 is 1.88 bits per heavy atom. The third-order valence-corrected chi connectivity index (χ3v) is 10.2. The predicted molar refractivity (Wildman–Crippen MR) is 207 cm³/mol. The maximum absolute atomic E-state index is 4.04. The van der Waals surface area contributed by atoms with Gasteiger partial charge < -0.3 is 14.8 Å². The summed E-state index contributed by atoms with van der Waals surface area (Å²) in [7, 11) is 0. The molecule has 7 aromatic carbocycles. The first kappa shape index (κ1) is 28.6. The van der Waals surface area contributed by atoms with E-state index in [1.54, 1.807) is 0 Å². The van der Waals surface area contributed by atoms with E-state index in [1.807, 2.05) is 0 Å². The number of anilines is 3. The summed E-state index contributed by atoms with van der Waals surface area (Å²) < 4.78 is 2.46. The van der Waals surface area contributed by atoms with Crippen LogP contribution in [0.5, 0.6) is 0 Å². The van der Waals surface area contributed by atoms with Crippen LogP contribution in [0.25, 0.3) is 50.1 Å². The fourth-order valence-electron chi connectivity index (χ4n) is 8.03. The van der Waals surface area contributed by atoms with E-state index in [4.69, 9.17) is 0 Å². The largest absolute Gasteiger partial charge is 0.352 e. The monoisotopic (exact) mass is 642 g/mol.